The lowest BCUT2D eigenvalue weighted by atomic mass is 10.3. The summed E-state index contributed by atoms with van der Waals surface area (Å²) in [6.07, 6.45) is 2.88. The van der Waals surface area contributed by atoms with Gasteiger partial charge in [-0.1, -0.05) is 0 Å². The highest BCUT2D eigenvalue weighted by Gasteiger charge is 2.08. The van der Waals surface area contributed by atoms with E-state index >= 15 is 0 Å². The van der Waals surface area contributed by atoms with Crippen LogP contribution in [0.25, 0.3) is 16.8 Å². The predicted molar refractivity (Wildman–Crippen MR) is 66.4 cm³/mol. The van der Waals surface area contributed by atoms with Gasteiger partial charge in [0.15, 0.2) is 0 Å². The highest BCUT2D eigenvalue weighted by Crippen LogP contribution is 2.21. The van der Waals surface area contributed by atoms with Gasteiger partial charge in [-0.05, 0) is 18.7 Å². The van der Waals surface area contributed by atoms with Crippen LogP contribution in [0, 0.1) is 0 Å². The highest BCUT2D eigenvalue weighted by atomic mass is 16.5. The van der Waals surface area contributed by atoms with E-state index < -0.39 is 0 Å². The summed E-state index contributed by atoms with van der Waals surface area (Å²) < 4.78 is 7.22. The fourth-order valence-corrected chi connectivity index (χ4v) is 2.04. The number of aromatic nitrogens is 3. The van der Waals surface area contributed by atoms with E-state index in [2.05, 4.69) is 9.97 Å². The van der Waals surface area contributed by atoms with Crippen LogP contribution in [0.5, 0.6) is 5.75 Å². The standard InChI is InChI=1S/C12H14N4O/c1-17-9-2-3-11-10(6-9)15-12-14-8(4-5-13)7-16(11)12/h2-3,6-7H,4-5,13H2,1H3,(H,14,15). The first-order valence-corrected chi connectivity index (χ1v) is 5.55. The second-order valence-electron chi connectivity index (χ2n) is 3.98. The van der Waals surface area contributed by atoms with Gasteiger partial charge in [0, 0.05) is 24.4 Å². The van der Waals surface area contributed by atoms with Crippen molar-refractivity contribution < 1.29 is 4.74 Å². The number of nitrogens with two attached hydrogens (primary N) is 1. The summed E-state index contributed by atoms with van der Waals surface area (Å²) in [4.78, 5) is 7.77. The Hall–Kier alpha value is -2.01. The Morgan fingerprint density at radius 1 is 1.47 bits per heavy atom. The summed E-state index contributed by atoms with van der Waals surface area (Å²) >= 11 is 0. The molecule has 0 fully saturated rings. The van der Waals surface area contributed by atoms with Crippen LogP contribution in [0.3, 0.4) is 0 Å². The zero-order chi connectivity index (χ0) is 11.8. The van der Waals surface area contributed by atoms with Gasteiger partial charge in [-0.25, -0.2) is 4.98 Å². The lowest BCUT2D eigenvalue weighted by Crippen LogP contribution is -2.02. The molecular formula is C12H14N4O. The molecule has 0 radical (unpaired) electrons. The van der Waals surface area contributed by atoms with Crippen LogP contribution in [-0.2, 0) is 6.42 Å². The van der Waals surface area contributed by atoms with Gasteiger partial charge in [0.2, 0.25) is 5.78 Å². The van der Waals surface area contributed by atoms with Crippen LogP contribution in [0.1, 0.15) is 5.69 Å². The van der Waals surface area contributed by atoms with E-state index in [0.717, 1.165) is 34.7 Å². The van der Waals surface area contributed by atoms with Crippen molar-refractivity contribution in [3.8, 4) is 5.75 Å². The van der Waals surface area contributed by atoms with Crippen molar-refractivity contribution in [2.75, 3.05) is 13.7 Å². The van der Waals surface area contributed by atoms with E-state index in [9.17, 15) is 0 Å². The van der Waals surface area contributed by atoms with E-state index in [1.54, 1.807) is 7.11 Å². The largest absolute Gasteiger partial charge is 0.497 e. The smallest absolute Gasteiger partial charge is 0.212 e. The Labute approximate surface area is 98.2 Å². The normalized spacial score (nSPS) is 11.4. The van der Waals surface area contributed by atoms with Crippen LogP contribution >= 0.6 is 0 Å². The first-order chi connectivity index (χ1) is 8.31. The van der Waals surface area contributed by atoms with Crippen molar-refractivity contribution in [2.45, 2.75) is 6.42 Å². The average molecular weight is 230 g/mol. The third-order valence-corrected chi connectivity index (χ3v) is 2.87. The third-order valence-electron chi connectivity index (χ3n) is 2.87. The number of aromatic amines is 1. The number of benzene rings is 1. The van der Waals surface area contributed by atoms with Gasteiger partial charge < -0.3 is 15.5 Å². The first kappa shape index (κ1) is 10.2. The summed E-state index contributed by atoms with van der Waals surface area (Å²) in [5.74, 6) is 1.66. The minimum atomic E-state index is 0.634. The fraction of sp³-hybridized carbons (Fsp3) is 0.250. The fourth-order valence-electron chi connectivity index (χ4n) is 2.04. The van der Waals surface area contributed by atoms with Crippen LogP contribution in [0.2, 0.25) is 0 Å². The van der Waals surface area contributed by atoms with Crippen LogP contribution in [0.4, 0.5) is 0 Å². The maximum Gasteiger partial charge on any atom is 0.212 e. The second kappa shape index (κ2) is 3.78. The molecule has 0 unspecified atom stereocenters. The third kappa shape index (κ3) is 1.55. The molecule has 2 aromatic heterocycles. The molecule has 3 N–H and O–H groups in total. The maximum absolute atomic E-state index is 5.54. The molecule has 0 atom stereocenters. The molecule has 2 heterocycles. The molecule has 0 aliphatic heterocycles. The Morgan fingerprint density at radius 3 is 3.12 bits per heavy atom. The molecule has 0 amide bonds. The van der Waals surface area contributed by atoms with Gasteiger partial charge in [0.05, 0.1) is 18.1 Å². The minimum Gasteiger partial charge on any atom is -0.497 e. The van der Waals surface area contributed by atoms with Crippen LogP contribution < -0.4 is 10.5 Å². The number of hydrogen-bond donors (Lipinski definition) is 2. The van der Waals surface area contributed by atoms with Crippen molar-refractivity contribution in [3.63, 3.8) is 0 Å². The van der Waals surface area contributed by atoms with Gasteiger partial charge in [-0.2, -0.15) is 0 Å². The van der Waals surface area contributed by atoms with E-state index in [4.69, 9.17) is 10.5 Å². The lowest BCUT2D eigenvalue weighted by molar-refractivity contribution is 0.415. The second-order valence-corrected chi connectivity index (χ2v) is 3.98. The Kier molecular flexibility index (Phi) is 2.26. The average Bonchev–Trinajstić information content (AvgIpc) is 2.85. The SMILES string of the molecule is COc1ccc2c(c1)nc1[nH]c(CCN)cn12. The molecule has 0 saturated heterocycles. The number of nitrogens with one attached hydrogen (secondary N) is 1. The molecule has 5 heteroatoms. The number of hydrogen-bond acceptors (Lipinski definition) is 3. The van der Waals surface area contributed by atoms with Gasteiger partial charge in [0.1, 0.15) is 5.75 Å². The van der Waals surface area contributed by atoms with Crippen LogP contribution in [-0.4, -0.2) is 28.0 Å². The van der Waals surface area contributed by atoms with E-state index in [0.29, 0.717) is 6.54 Å². The number of rotatable bonds is 3. The maximum atomic E-state index is 5.54. The number of imidazole rings is 2. The zero-order valence-corrected chi connectivity index (χ0v) is 9.60. The van der Waals surface area contributed by atoms with Crippen molar-refractivity contribution in [1.29, 1.82) is 0 Å². The first-order valence-electron chi connectivity index (χ1n) is 5.55. The number of ether oxygens (including phenoxy) is 1. The molecule has 1 aromatic carbocycles. The molecular weight excluding hydrogens is 216 g/mol. The molecule has 0 aliphatic rings. The molecule has 88 valence electrons. The monoisotopic (exact) mass is 230 g/mol. The summed E-state index contributed by atoms with van der Waals surface area (Å²) in [5, 5.41) is 0. The molecule has 3 aromatic rings. The van der Waals surface area contributed by atoms with Crippen molar-refractivity contribution >= 4 is 16.8 Å². The van der Waals surface area contributed by atoms with Crippen molar-refractivity contribution in [3.05, 3.63) is 30.1 Å². The predicted octanol–water partition coefficient (Wildman–Crippen LogP) is 1.33. The quantitative estimate of drug-likeness (QED) is 0.713. The van der Waals surface area contributed by atoms with E-state index in [1.807, 2.05) is 28.8 Å². The molecule has 17 heavy (non-hydrogen) atoms. The van der Waals surface area contributed by atoms with Gasteiger partial charge in [0.25, 0.3) is 0 Å². The van der Waals surface area contributed by atoms with Crippen molar-refractivity contribution in [1.82, 2.24) is 14.4 Å². The van der Waals surface area contributed by atoms with Crippen LogP contribution in [0.15, 0.2) is 24.4 Å². The lowest BCUT2D eigenvalue weighted by Gasteiger charge is -1.97. The van der Waals surface area contributed by atoms with E-state index in [1.165, 1.54) is 0 Å². The van der Waals surface area contributed by atoms with Gasteiger partial charge in [-0.3, -0.25) is 4.40 Å². The number of H-pyrrole nitrogens is 1. The Balaban J connectivity index is 2.19. The zero-order valence-electron chi connectivity index (χ0n) is 9.60. The Bertz CT molecular complexity index is 668. The summed E-state index contributed by atoms with van der Waals surface area (Å²) in [6.45, 7) is 0.634. The van der Waals surface area contributed by atoms with E-state index in [-0.39, 0.29) is 0 Å². The number of methoxy groups -OCH3 is 1. The Morgan fingerprint density at radius 2 is 2.35 bits per heavy atom. The molecule has 0 saturated carbocycles. The molecule has 5 nitrogen and oxygen atoms in total. The summed E-state index contributed by atoms with van der Waals surface area (Å²) in [5.41, 5.74) is 8.64. The molecule has 0 spiro atoms. The molecule has 0 bridgehead atoms. The summed E-state index contributed by atoms with van der Waals surface area (Å²) in [7, 11) is 1.66. The topological polar surface area (TPSA) is 68.3 Å². The molecule has 0 aliphatic carbocycles. The minimum absolute atomic E-state index is 0.634. The number of nitrogens with zero attached hydrogens (tertiary/aromatic N) is 2. The van der Waals surface area contributed by atoms with Gasteiger partial charge in [-0.15, -0.1) is 0 Å². The summed E-state index contributed by atoms with van der Waals surface area (Å²) in [6, 6.07) is 5.87. The molecule has 3 rings (SSSR count). The van der Waals surface area contributed by atoms with Crippen molar-refractivity contribution in [2.24, 2.45) is 5.73 Å². The highest BCUT2D eigenvalue weighted by molar-refractivity contribution is 5.81. The van der Waals surface area contributed by atoms with Gasteiger partial charge >= 0.3 is 0 Å². The number of fused-ring (bicyclic) bond motifs is 3.